The summed E-state index contributed by atoms with van der Waals surface area (Å²) in [5, 5.41) is 10.1. The van der Waals surface area contributed by atoms with Crippen molar-refractivity contribution in [2.45, 2.75) is 25.4 Å². The molecule has 0 amide bonds. The Morgan fingerprint density at radius 1 is 1.16 bits per heavy atom. The minimum absolute atomic E-state index is 0.767. The Morgan fingerprint density at radius 2 is 2.05 bits per heavy atom. The lowest BCUT2D eigenvalue weighted by Crippen LogP contribution is -1.99. The van der Waals surface area contributed by atoms with Gasteiger partial charge in [0.15, 0.2) is 0 Å². The average Bonchev–Trinajstić information content (AvgIpc) is 2.46. The summed E-state index contributed by atoms with van der Waals surface area (Å²) in [6.07, 6.45) is 6.57. The summed E-state index contributed by atoms with van der Waals surface area (Å²) in [5.41, 5.74) is 3.93. The molecule has 92 valence electrons. The van der Waals surface area contributed by atoms with E-state index in [1.54, 1.807) is 0 Å². The lowest BCUT2D eigenvalue weighted by molar-refractivity contribution is 0.238. The van der Waals surface area contributed by atoms with E-state index in [1.807, 2.05) is 30.3 Å². The highest BCUT2D eigenvalue weighted by atomic mass is 16.3. The number of hydrogen-bond acceptors (Lipinski definition) is 1. The molecule has 0 bridgehead atoms. The Hall–Kier alpha value is -2.22. The summed E-state index contributed by atoms with van der Waals surface area (Å²) >= 11 is 0. The van der Waals surface area contributed by atoms with Gasteiger partial charge in [0, 0.05) is 16.7 Å². The van der Waals surface area contributed by atoms with Gasteiger partial charge in [-0.05, 0) is 37.0 Å². The normalized spacial score (nSPS) is 23.1. The van der Waals surface area contributed by atoms with Gasteiger partial charge < -0.3 is 5.11 Å². The third-order valence-corrected chi connectivity index (χ3v) is 3.40. The smallest absolute Gasteiger partial charge is 0.141 e. The summed E-state index contributed by atoms with van der Waals surface area (Å²) in [5.74, 6) is 12.3. The fourth-order valence-electron chi connectivity index (χ4n) is 2.36. The van der Waals surface area contributed by atoms with Crippen LogP contribution in [0.25, 0.3) is 0 Å². The molecule has 0 radical (unpaired) electrons. The number of rotatable bonds is 0. The number of fused-ring (bicyclic) bond motifs is 2. The fraction of sp³-hybridized carbons (Fsp3) is 0.222. The predicted molar refractivity (Wildman–Crippen MR) is 76.1 cm³/mol. The minimum atomic E-state index is -0.767. The fourth-order valence-corrected chi connectivity index (χ4v) is 2.36. The zero-order valence-electron chi connectivity index (χ0n) is 10.6. The topological polar surface area (TPSA) is 20.2 Å². The zero-order valence-corrected chi connectivity index (χ0v) is 10.6. The first-order chi connectivity index (χ1) is 9.34. The molecule has 1 unspecified atom stereocenters. The molecule has 2 aliphatic carbocycles. The second-order valence-corrected chi connectivity index (χ2v) is 4.71. The second kappa shape index (κ2) is 5.19. The first-order valence-corrected chi connectivity index (χ1v) is 6.54. The molecule has 1 nitrogen and oxygen atoms in total. The highest BCUT2D eigenvalue weighted by Crippen LogP contribution is 2.24. The molecule has 1 N–H and O–H groups in total. The molecule has 0 fully saturated rings. The predicted octanol–water partition coefficient (Wildman–Crippen LogP) is 3.13. The Bertz CT molecular complexity index is 684. The quantitative estimate of drug-likeness (QED) is 0.697. The van der Waals surface area contributed by atoms with Crippen LogP contribution in [0.2, 0.25) is 0 Å². The van der Waals surface area contributed by atoms with E-state index in [4.69, 9.17) is 0 Å². The van der Waals surface area contributed by atoms with Crippen molar-refractivity contribution in [1.29, 1.82) is 0 Å². The molecule has 0 aromatic heterocycles. The highest BCUT2D eigenvalue weighted by Gasteiger charge is 2.11. The molecule has 3 rings (SSSR count). The van der Waals surface area contributed by atoms with Gasteiger partial charge in [0.05, 0.1) is 0 Å². The van der Waals surface area contributed by atoms with E-state index < -0.39 is 6.10 Å². The molecule has 0 spiro atoms. The van der Waals surface area contributed by atoms with Crippen LogP contribution in [0.3, 0.4) is 0 Å². The Balaban J connectivity index is 2.15. The van der Waals surface area contributed by atoms with E-state index in [0.717, 1.165) is 36.0 Å². The van der Waals surface area contributed by atoms with Crippen LogP contribution < -0.4 is 0 Å². The molecule has 1 atom stereocenters. The summed E-state index contributed by atoms with van der Waals surface area (Å²) < 4.78 is 0. The van der Waals surface area contributed by atoms with Gasteiger partial charge >= 0.3 is 0 Å². The summed E-state index contributed by atoms with van der Waals surface area (Å²) in [6, 6.07) is 7.65. The largest absolute Gasteiger partial charge is 0.376 e. The van der Waals surface area contributed by atoms with Gasteiger partial charge in [-0.1, -0.05) is 48.0 Å². The van der Waals surface area contributed by atoms with E-state index in [9.17, 15) is 5.11 Å². The third kappa shape index (κ3) is 2.48. The van der Waals surface area contributed by atoms with E-state index in [2.05, 4.69) is 29.8 Å². The maximum absolute atomic E-state index is 10.1. The first kappa shape index (κ1) is 11.8. The van der Waals surface area contributed by atoms with Gasteiger partial charge in [-0.3, -0.25) is 0 Å². The number of aliphatic hydroxyl groups is 1. The van der Waals surface area contributed by atoms with Crippen molar-refractivity contribution in [2.75, 3.05) is 0 Å². The summed E-state index contributed by atoms with van der Waals surface area (Å²) in [7, 11) is 0. The first-order valence-electron chi connectivity index (χ1n) is 6.54. The van der Waals surface area contributed by atoms with Crippen molar-refractivity contribution in [2.24, 2.45) is 0 Å². The molecule has 2 aliphatic rings. The van der Waals surface area contributed by atoms with Gasteiger partial charge in [0.25, 0.3) is 0 Å². The molecule has 1 heteroatoms. The molecule has 1 aromatic rings. The van der Waals surface area contributed by atoms with Gasteiger partial charge in [-0.2, -0.15) is 0 Å². The number of aliphatic hydroxyl groups excluding tert-OH is 1. The van der Waals surface area contributed by atoms with Crippen LogP contribution in [0.1, 0.15) is 36.5 Å². The van der Waals surface area contributed by atoms with E-state index >= 15 is 0 Å². The molecule has 1 aromatic carbocycles. The molecular weight excluding hydrogens is 232 g/mol. The lowest BCUT2D eigenvalue weighted by atomic mass is 9.92. The molecule has 0 aliphatic heterocycles. The van der Waals surface area contributed by atoms with Crippen LogP contribution in [-0.4, -0.2) is 5.11 Å². The maximum atomic E-state index is 10.1. The number of hydrogen-bond donors (Lipinski definition) is 1. The minimum Gasteiger partial charge on any atom is -0.376 e. The molecule has 0 saturated carbocycles. The van der Waals surface area contributed by atoms with E-state index in [1.165, 1.54) is 5.57 Å². The average molecular weight is 246 g/mol. The van der Waals surface area contributed by atoms with Crippen LogP contribution >= 0.6 is 0 Å². The van der Waals surface area contributed by atoms with Crippen molar-refractivity contribution < 1.29 is 5.11 Å². The maximum Gasteiger partial charge on any atom is 0.141 e. The van der Waals surface area contributed by atoms with Crippen LogP contribution in [0.4, 0.5) is 0 Å². The van der Waals surface area contributed by atoms with Crippen molar-refractivity contribution in [3.05, 3.63) is 58.7 Å². The van der Waals surface area contributed by atoms with Gasteiger partial charge in [-0.15, -0.1) is 0 Å². The van der Waals surface area contributed by atoms with Gasteiger partial charge in [-0.25, -0.2) is 0 Å². The van der Waals surface area contributed by atoms with Crippen molar-refractivity contribution in [3.8, 4) is 23.7 Å². The lowest BCUT2D eigenvalue weighted by Gasteiger charge is -2.12. The van der Waals surface area contributed by atoms with E-state index in [0.29, 0.717) is 0 Å². The van der Waals surface area contributed by atoms with Crippen LogP contribution in [-0.2, 0) is 0 Å². The van der Waals surface area contributed by atoms with E-state index in [-0.39, 0.29) is 0 Å². The standard InChI is InChI=1S/C18H14O/c19-18-11-5-9-14-6-1-2-7-15(14)12-13-16-8-3-4-10-17(16)18/h3-4,7-10,18-19H,1-2,6H2/b14-9-. The Kier molecular flexibility index (Phi) is 3.23. The van der Waals surface area contributed by atoms with Crippen molar-refractivity contribution in [1.82, 2.24) is 0 Å². The third-order valence-electron chi connectivity index (χ3n) is 3.40. The number of allylic oxidation sites excluding steroid dienone is 4. The van der Waals surface area contributed by atoms with Crippen LogP contribution in [0, 0.1) is 23.7 Å². The highest BCUT2D eigenvalue weighted by molar-refractivity contribution is 5.55. The van der Waals surface area contributed by atoms with Gasteiger partial charge in [0.1, 0.15) is 6.10 Å². The molecule has 0 heterocycles. The van der Waals surface area contributed by atoms with Crippen LogP contribution in [0.15, 0.2) is 47.6 Å². The molecule has 0 saturated heterocycles. The zero-order chi connectivity index (χ0) is 13.1. The monoisotopic (exact) mass is 246 g/mol. The SMILES string of the molecule is OC1C#C/C=C2/CCCC=C2C#Cc2ccccc21. The second-order valence-electron chi connectivity index (χ2n) is 4.71. The Labute approximate surface area is 113 Å². The molecular formula is C18H14O. The molecule has 19 heavy (non-hydrogen) atoms. The van der Waals surface area contributed by atoms with Crippen molar-refractivity contribution >= 4 is 0 Å². The summed E-state index contributed by atoms with van der Waals surface area (Å²) in [4.78, 5) is 0. The van der Waals surface area contributed by atoms with Gasteiger partial charge in [0.2, 0.25) is 0 Å². The Morgan fingerprint density at radius 3 is 3.00 bits per heavy atom. The number of benzene rings is 1. The van der Waals surface area contributed by atoms with Crippen LogP contribution in [0.5, 0.6) is 0 Å². The van der Waals surface area contributed by atoms with Crippen molar-refractivity contribution in [3.63, 3.8) is 0 Å². The summed E-state index contributed by atoms with van der Waals surface area (Å²) in [6.45, 7) is 0.